The fourth-order valence-electron chi connectivity index (χ4n) is 9.53. The van der Waals surface area contributed by atoms with Crippen LogP contribution in [0.5, 0.6) is 0 Å². The molecule has 12 aromatic rings. The van der Waals surface area contributed by atoms with Crippen LogP contribution in [0.2, 0.25) is 0 Å². The Morgan fingerprint density at radius 2 is 0.710 bits per heavy atom. The molecule has 290 valence electrons. The van der Waals surface area contributed by atoms with E-state index in [1.54, 1.807) is 0 Å². The first-order valence-electron chi connectivity index (χ1n) is 21.3. The Bertz CT molecular complexity index is 3500. The van der Waals surface area contributed by atoms with Crippen LogP contribution in [-0.4, -0.2) is 0 Å². The number of nitrogens with zero attached hydrogens (tertiary/aromatic N) is 1. The van der Waals surface area contributed by atoms with Crippen LogP contribution in [0.1, 0.15) is 0 Å². The zero-order valence-electron chi connectivity index (χ0n) is 33.9. The van der Waals surface area contributed by atoms with Crippen molar-refractivity contribution in [3.8, 4) is 44.5 Å². The lowest BCUT2D eigenvalue weighted by molar-refractivity contribution is 0.674. The van der Waals surface area contributed by atoms with Crippen molar-refractivity contribution in [3.63, 3.8) is 0 Å². The van der Waals surface area contributed by atoms with Crippen LogP contribution in [0, 0.1) is 0 Å². The zero-order chi connectivity index (χ0) is 41.0. The van der Waals surface area contributed by atoms with Gasteiger partial charge in [0.25, 0.3) is 0 Å². The molecule has 62 heavy (non-hydrogen) atoms. The highest BCUT2D eigenvalue weighted by atomic mass is 16.3. The molecule has 0 fully saturated rings. The van der Waals surface area contributed by atoms with Gasteiger partial charge >= 0.3 is 0 Å². The molecular formula is C60H39NO. The van der Waals surface area contributed by atoms with Crippen molar-refractivity contribution >= 4 is 71.3 Å². The van der Waals surface area contributed by atoms with Gasteiger partial charge in [-0.05, 0) is 108 Å². The Morgan fingerprint density at radius 1 is 0.258 bits per heavy atom. The minimum atomic E-state index is 0.901. The Balaban J connectivity index is 1.04. The molecule has 11 aromatic carbocycles. The molecule has 1 heterocycles. The van der Waals surface area contributed by atoms with Crippen molar-refractivity contribution in [2.45, 2.75) is 0 Å². The number of hydrogen-bond donors (Lipinski definition) is 0. The summed E-state index contributed by atoms with van der Waals surface area (Å²) >= 11 is 0. The maximum atomic E-state index is 7.22. The van der Waals surface area contributed by atoms with E-state index in [9.17, 15) is 0 Å². The van der Waals surface area contributed by atoms with E-state index < -0.39 is 0 Å². The minimum absolute atomic E-state index is 0.901. The minimum Gasteiger partial charge on any atom is -0.455 e. The lowest BCUT2D eigenvalue weighted by Gasteiger charge is -2.26. The number of rotatable bonds is 7. The molecule has 0 spiro atoms. The van der Waals surface area contributed by atoms with Crippen LogP contribution in [0.15, 0.2) is 241 Å². The van der Waals surface area contributed by atoms with Crippen molar-refractivity contribution in [2.24, 2.45) is 0 Å². The highest BCUT2D eigenvalue weighted by molar-refractivity contribution is 6.31. The summed E-state index contributed by atoms with van der Waals surface area (Å²) in [4.78, 5) is 2.34. The summed E-state index contributed by atoms with van der Waals surface area (Å²) in [5.41, 5.74) is 14.3. The Morgan fingerprint density at radius 3 is 1.31 bits per heavy atom. The number of fused-ring (bicyclic) bond motifs is 9. The topological polar surface area (TPSA) is 16.4 Å². The van der Waals surface area contributed by atoms with E-state index in [0.717, 1.165) is 66.6 Å². The van der Waals surface area contributed by atoms with Crippen molar-refractivity contribution < 1.29 is 4.42 Å². The van der Waals surface area contributed by atoms with E-state index in [1.807, 2.05) is 0 Å². The largest absolute Gasteiger partial charge is 0.455 e. The summed E-state index contributed by atoms with van der Waals surface area (Å²) < 4.78 is 7.22. The molecule has 0 aliphatic rings. The first kappa shape index (κ1) is 35.7. The van der Waals surface area contributed by atoms with Crippen molar-refractivity contribution in [1.29, 1.82) is 0 Å². The number of anilines is 3. The van der Waals surface area contributed by atoms with Crippen LogP contribution in [0.3, 0.4) is 0 Å². The molecule has 2 nitrogen and oxygen atoms in total. The number of benzene rings is 11. The van der Waals surface area contributed by atoms with Crippen molar-refractivity contribution in [2.75, 3.05) is 4.90 Å². The van der Waals surface area contributed by atoms with Crippen LogP contribution in [-0.2, 0) is 0 Å². The third-order valence-corrected chi connectivity index (χ3v) is 12.5. The average Bonchev–Trinajstić information content (AvgIpc) is 3.75. The molecule has 2 heteroatoms. The second kappa shape index (κ2) is 14.8. The van der Waals surface area contributed by atoms with Gasteiger partial charge in [-0.3, -0.25) is 0 Å². The Hall–Kier alpha value is -8.20. The molecule has 0 aliphatic carbocycles. The van der Waals surface area contributed by atoms with Gasteiger partial charge in [-0.25, -0.2) is 0 Å². The van der Waals surface area contributed by atoms with E-state index in [2.05, 4.69) is 241 Å². The fraction of sp³-hybridized carbons (Fsp3) is 0. The summed E-state index contributed by atoms with van der Waals surface area (Å²) in [5.74, 6) is 0. The number of furan rings is 1. The van der Waals surface area contributed by atoms with Crippen LogP contribution >= 0.6 is 0 Å². The summed E-state index contributed by atoms with van der Waals surface area (Å²) in [6.45, 7) is 0. The van der Waals surface area contributed by atoms with Gasteiger partial charge in [0.2, 0.25) is 0 Å². The molecule has 0 bridgehead atoms. The number of hydrogen-bond acceptors (Lipinski definition) is 2. The first-order chi connectivity index (χ1) is 30.8. The van der Waals surface area contributed by atoms with Gasteiger partial charge in [-0.15, -0.1) is 0 Å². The van der Waals surface area contributed by atoms with Gasteiger partial charge < -0.3 is 9.32 Å². The van der Waals surface area contributed by atoms with E-state index in [0.29, 0.717) is 0 Å². The van der Waals surface area contributed by atoms with E-state index in [-0.39, 0.29) is 0 Å². The van der Waals surface area contributed by atoms with Crippen LogP contribution in [0.4, 0.5) is 17.1 Å². The Labute approximate surface area is 360 Å². The molecule has 0 aliphatic heterocycles. The molecular weight excluding hydrogens is 751 g/mol. The van der Waals surface area contributed by atoms with Gasteiger partial charge in [-0.2, -0.15) is 0 Å². The van der Waals surface area contributed by atoms with E-state index >= 15 is 0 Å². The average molecular weight is 790 g/mol. The standard InChI is InChI=1S/C60H39NO/c1-3-14-40(15-4-1)42-26-32-46(33-27-42)61(47-34-28-43(29-35-47)41-16-5-2-6-17-41)48-36-30-45(31-37-48)50-38-39-56-58-54-23-11-9-21-51(54)52-22-10-12-24-55(52)59(58)62-60(56)57(50)53-25-13-19-44-18-7-8-20-49(44)53/h1-39H. The third-order valence-electron chi connectivity index (χ3n) is 12.5. The Kier molecular flexibility index (Phi) is 8.53. The van der Waals surface area contributed by atoms with Crippen molar-refractivity contribution in [3.05, 3.63) is 237 Å². The monoisotopic (exact) mass is 789 g/mol. The lowest BCUT2D eigenvalue weighted by Crippen LogP contribution is -2.09. The van der Waals surface area contributed by atoms with Gasteiger partial charge in [0.1, 0.15) is 11.2 Å². The third kappa shape index (κ3) is 5.96. The van der Waals surface area contributed by atoms with Crippen molar-refractivity contribution in [1.82, 2.24) is 0 Å². The lowest BCUT2D eigenvalue weighted by atomic mass is 9.89. The quantitative estimate of drug-likeness (QED) is 0.150. The predicted molar refractivity (Wildman–Crippen MR) is 263 cm³/mol. The van der Waals surface area contributed by atoms with Gasteiger partial charge in [-0.1, -0.05) is 194 Å². The fourth-order valence-corrected chi connectivity index (χ4v) is 9.53. The maximum absolute atomic E-state index is 7.22. The second-order valence-electron chi connectivity index (χ2n) is 16.0. The van der Waals surface area contributed by atoms with E-state index in [4.69, 9.17) is 4.42 Å². The molecule has 0 radical (unpaired) electrons. The second-order valence-corrected chi connectivity index (χ2v) is 16.0. The summed E-state index contributed by atoms with van der Waals surface area (Å²) in [6, 6.07) is 85.2. The molecule has 0 atom stereocenters. The highest BCUT2D eigenvalue weighted by Crippen LogP contribution is 2.48. The van der Waals surface area contributed by atoms with E-state index in [1.165, 1.54) is 49.2 Å². The first-order valence-corrected chi connectivity index (χ1v) is 21.3. The van der Waals surface area contributed by atoms with Gasteiger partial charge in [0.15, 0.2) is 0 Å². The van der Waals surface area contributed by atoms with Gasteiger partial charge in [0.05, 0.1) is 0 Å². The predicted octanol–water partition coefficient (Wildman–Crippen LogP) is 17.2. The zero-order valence-corrected chi connectivity index (χ0v) is 33.9. The van der Waals surface area contributed by atoms with Crippen LogP contribution < -0.4 is 4.90 Å². The normalized spacial score (nSPS) is 11.5. The summed E-state index contributed by atoms with van der Waals surface area (Å²) in [7, 11) is 0. The molecule has 0 amide bonds. The molecule has 0 N–H and O–H groups in total. The van der Waals surface area contributed by atoms with Gasteiger partial charge in [0, 0.05) is 38.8 Å². The molecule has 12 rings (SSSR count). The highest BCUT2D eigenvalue weighted by Gasteiger charge is 2.23. The molecule has 0 saturated carbocycles. The smallest absolute Gasteiger partial charge is 0.143 e. The van der Waals surface area contributed by atoms with Crippen LogP contribution in [0.25, 0.3) is 98.8 Å². The summed E-state index contributed by atoms with van der Waals surface area (Å²) in [5, 5.41) is 9.43. The SMILES string of the molecule is c1ccc(-c2ccc(N(c3ccc(-c4ccccc4)cc3)c3ccc(-c4ccc5c(oc6c7ccccc7c7ccccc7c56)c4-c4cccc5ccccc45)cc3)cc2)cc1. The molecule has 0 saturated heterocycles. The molecule has 1 aromatic heterocycles. The maximum Gasteiger partial charge on any atom is 0.143 e. The molecule has 0 unspecified atom stereocenters. The summed E-state index contributed by atoms with van der Waals surface area (Å²) in [6.07, 6.45) is 0.